The maximum Gasteiger partial charge on any atom is 0.208 e. The topological polar surface area (TPSA) is 81.4 Å². The van der Waals surface area contributed by atoms with Crippen molar-refractivity contribution in [2.24, 2.45) is 0 Å². The van der Waals surface area contributed by atoms with Gasteiger partial charge in [-0.25, -0.2) is 26.9 Å². The molecule has 3 aromatic carbocycles. The van der Waals surface area contributed by atoms with Crippen molar-refractivity contribution in [1.29, 1.82) is 0 Å². The van der Waals surface area contributed by atoms with Crippen molar-refractivity contribution in [2.75, 3.05) is 6.26 Å². The Hall–Kier alpha value is -3.27. The number of halogens is 3. The molecule has 0 radical (unpaired) electrons. The number of nitrogens with zero attached hydrogens (tertiary/aromatic N) is 1. The molecule has 1 N–H and O–H groups in total. The van der Waals surface area contributed by atoms with Gasteiger partial charge in [0.25, 0.3) is 0 Å². The minimum absolute atomic E-state index is 0.128. The second kappa shape index (κ2) is 11.7. The van der Waals surface area contributed by atoms with Crippen molar-refractivity contribution >= 4 is 21.6 Å². The molecule has 0 unspecified atom stereocenters. The van der Waals surface area contributed by atoms with E-state index >= 15 is 8.78 Å². The van der Waals surface area contributed by atoms with Crippen LogP contribution in [0.2, 0.25) is 0 Å². The molecule has 4 aromatic rings. The first-order chi connectivity index (χ1) is 19.2. The van der Waals surface area contributed by atoms with Crippen LogP contribution in [0.25, 0.3) is 11.1 Å². The molecule has 1 saturated carbocycles. The number of aromatic nitrogens is 1. The van der Waals surface area contributed by atoms with Crippen LogP contribution in [0.5, 0.6) is 5.75 Å². The molecule has 2 atom stereocenters. The van der Waals surface area contributed by atoms with Gasteiger partial charge >= 0.3 is 0 Å². The van der Waals surface area contributed by atoms with Gasteiger partial charge in [-0.2, -0.15) is 0 Å². The lowest BCUT2D eigenvalue weighted by molar-refractivity contribution is 0.307. The van der Waals surface area contributed by atoms with Gasteiger partial charge in [0.1, 0.15) is 30.3 Å². The number of rotatable bonds is 10. The van der Waals surface area contributed by atoms with Gasteiger partial charge in [-0.3, -0.25) is 0 Å². The Labute approximate surface area is 237 Å². The number of nitrogens with one attached hydrogen (secondary N) is 1. The predicted octanol–water partition coefficient (Wildman–Crippen LogP) is 6.52. The summed E-state index contributed by atoms with van der Waals surface area (Å²) in [6.07, 6.45) is 4.03. The molecule has 1 fully saturated rings. The van der Waals surface area contributed by atoms with E-state index in [1.54, 1.807) is 24.3 Å². The molecule has 0 spiro atoms. The number of hydrogen-bond donors (Lipinski definition) is 1. The fourth-order valence-corrected chi connectivity index (χ4v) is 6.38. The van der Waals surface area contributed by atoms with Gasteiger partial charge in [-0.05, 0) is 48.9 Å². The quantitative estimate of drug-likeness (QED) is 0.214. The number of hydrogen-bond acceptors (Lipinski definition) is 5. The lowest BCUT2D eigenvalue weighted by Gasteiger charge is -2.27. The lowest BCUT2D eigenvalue weighted by atomic mass is 9.79. The molecule has 5 rings (SSSR count). The standard InChI is InChI=1S/C30H29ClF2N2O4S/c1-40(36,37)35-22-13-14-30(16-22,29-34-23(17-31)19-39-29)15-21-11-12-25(32)27(28(21)33)24-9-5-6-10-26(24)38-18-20-7-3-2-4-8-20/h2-12,19,22,35H,13-18H2,1H3/t22-,30+/m0/s1. The van der Waals surface area contributed by atoms with Gasteiger partial charge in [0.2, 0.25) is 15.9 Å². The molecule has 210 valence electrons. The van der Waals surface area contributed by atoms with Crippen LogP contribution in [0.4, 0.5) is 8.78 Å². The van der Waals surface area contributed by atoms with Gasteiger partial charge in [-0.15, -0.1) is 11.6 Å². The molecule has 0 saturated heterocycles. The third kappa shape index (κ3) is 6.22. The van der Waals surface area contributed by atoms with Crippen molar-refractivity contribution in [1.82, 2.24) is 9.71 Å². The van der Waals surface area contributed by atoms with Crippen LogP contribution >= 0.6 is 11.6 Å². The Morgan fingerprint density at radius 2 is 1.85 bits per heavy atom. The molecule has 0 amide bonds. The van der Waals surface area contributed by atoms with E-state index in [9.17, 15) is 8.42 Å². The molecule has 6 nitrogen and oxygen atoms in total. The molecular formula is C30H29ClF2N2O4S. The maximum atomic E-state index is 16.3. The highest BCUT2D eigenvalue weighted by Crippen LogP contribution is 2.45. The van der Waals surface area contributed by atoms with Crippen molar-refractivity contribution in [3.63, 3.8) is 0 Å². The van der Waals surface area contributed by atoms with Crippen molar-refractivity contribution in [3.8, 4) is 16.9 Å². The van der Waals surface area contributed by atoms with Crippen LogP contribution in [0.15, 0.2) is 77.4 Å². The molecular weight excluding hydrogens is 558 g/mol. The Kier molecular flexibility index (Phi) is 8.26. The van der Waals surface area contributed by atoms with Crippen LogP contribution in [0.3, 0.4) is 0 Å². The van der Waals surface area contributed by atoms with Gasteiger partial charge in [0.15, 0.2) is 0 Å². The van der Waals surface area contributed by atoms with Gasteiger partial charge < -0.3 is 9.15 Å². The van der Waals surface area contributed by atoms with E-state index < -0.39 is 27.1 Å². The highest BCUT2D eigenvalue weighted by Gasteiger charge is 2.45. The summed E-state index contributed by atoms with van der Waals surface area (Å²) in [5.74, 6) is -0.570. The van der Waals surface area contributed by atoms with Gasteiger partial charge in [0.05, 0.1) is 28.8 Å². The van der Waals surface area contributed by atoms with Crippen LogP contribution in [-0.2, 0) is 34.3 Å². The predicted molar refractivity (Wildman–Crippen MR) is 150 cm³/mol. The van der Waals surface area contributed by atoms with Crippen molar-refractivity contribution in [3.05, 3.63) is 107 Å². The van der Waals surface area contributed by atoms with E-state index in [-0.39, 0.29) is 36.1 Å². The first-order valence-corrected chi connectivity index (χ1v) is 15.3. The van der Waals surface area contributed by atoms with Crippen LogP contribution in [-0.4, -0.2) is 25.7 Å². The van der Waals surface area contributed by atoms with Crippen molar-refractivity contribution in [2.45, 2.75) is 49.6 Å². The maximum absolute atomic E-state index is 16.3. The molecule has 0 bridgehead atoms. The van der Waals surface area contributed by atoms with E-state index in [0.717, 1.165) is 11.8 Å². The average Bonchev–Trinajstić information content (AvgIpc) is 3.58. The number of alkyl halides is 1. The van der Waals surface area contributed by atoms with Crippen LogP contribution in [0, 0.1) is 11.6 Å². The zero-order chi connectivity index (χ0) is 28.3. The summed E-state index contributed by atoms with van der Waals surface area (Å²) in [6.45, 7) is 0.242. The zero-order valence-electron chi connectivity index (χ0n) is 21.9. The average molecular weight is 587 g/mol. The van der Waals surface area contributed by atoms with Crippen molar-refractivity contribution < 1.29 is 26.4 Å². The Morgan fingerprint density at radius 1 is 1.10 bits per heavy atom. The van der Waals surface area contributed by atoms with E-state index in [1.165, 1.54) is 18.4 Å². The normalized spacial score (nSPS) is 19.1. The third-order valence-electron chi connectivity index (χ3n) is 7.23. The second-order valence-electron chi connectivity index (χ2n) is 10.2. The summed E-state index contributed by atoms with van der Waals surface area (Å²) in [7, 11) is -3.46. The minimum atomic E-state index is -3.46. The Balaban J connectivity index is 1.50. The van der Waals surface area contributed by atoms with Gasteiger partial charge in [0, 0.05) is 11.6 Å². The summed E-state index contributed by atoms with van der Waals surface area (Å²) in [5, 5.41) is 0. The minimum Gasteiger partial charge on any atom is -0.488 e. The zero-order valence-corrected chi connectivity index (χ0v) is 23.4. The smallest absolute Gasteiger partial charge is 0.208 e. The summed E-state index contributed by atoms with van der Waals surface area (Å²) in [4.78, 5) is 4.51. The highest BCUT2D eigenvalue weighted by atomic mass is 35.5. The van der Waals surface area contributed by atoms with Crippen LogP contribution in [0.1, 0.15) is 42.0 Å². The summed E-state index contributed by atoms with van der Waals surface area (Å²) in [5.41, 5.74) is 1.02. The van der Waals surface area contributed by atoms with E-state index in [1.807, 2.05) is 30.3 Å². The summed E-state index contributed by atoms with van der Waals surface area (Å²) >= 11 is 5.95. The summed E-state index contributed by atoms with van der Waals surface area (Å²) in [6, 6.07) is 18.6. The molecule has 1 aliphatic carbocycles. The number of sulfonamides is 1. The molecule has 40 heavy (non-hydrogen) atoms. The molecule has 1 aliphatic rings. The SMILES string of the molecule is CS(=O)(=O)N[C@H]1CC[C@](Cc2ccc(F)c(-c3ccccc3OCc3ccccc3)c2F)(c2nc(CCl)co2)C1. The monoisotopic (exact) mass is 586 g/mol. The fourth-order valence-electron chi connectivity index (χ4n) is 5.45. The first kappa shape index (κ1) is 28.3. The number of oxazole rings is 1. The third-order valence-corrected chi connectivity index (χ3v) is 8.26. The fraction of sp³-hybridized carbons (Fsp3) is 0.300. The van der Waals surface area contributed by atoms with E-state index in [4.69, 9.17) is 20.8 Å². The Bertz CT molecular complexity index is 1600. The highest BCUT2D eigenvalue weighted by molar-refractivity contribution is 7.88. The van der Waals surface area contributed by atoms with Crippen LogP contribution < -0.4 is 9.46 Å². The van der Waals surface area contributed by atoms with E-state index in [2.05, 4.69) is 9.71 Å². The molecule has 10 heteroatoms. The number of ether oxygens (including phenoxy) is 1. The lowest BCUT2D eigenvalue weighted by Crippen LogP contribution is -2.35. The molecule has 1 aromatic heterocycles. The molecule has 0 aliphatic heterocycles. The summed E-state index contributed by atoms with van der Waals surface area (Å²) < 4.78 is 69.8. The molecule has 1 heterocycles. The second-order valence-corrected chi connectivity index (χ2v) is 12.3. The number of benzene rings is 3. The van der Waals surface area contributed by atoms with E-state index in [0.29, 0.717) is 42.2 Å². The number of para-hydroxylation sites is 1. The Morgan fingerprint density at radius 3 is 2.58 bits per heavy atom. The largest absolute Gasteiger partial charge is 0.488 e. The van der Waals surface area contributed by atoms with Gasteiger partial charge in [-0.1, -0.05) is 54.6 Å². The first-order valence-electron chi connectivity index (χ1n) is 12.9.